The number of hydrogen-bond donors (Lipinski definition) is 0. The molecule has 0 amide bonds. The van der Waals surface area contributed by atoms with Gasteiger partial charge in [-0.1, -0.05) is 131 Å². The third kappa shape index (κ3) is 20.1. The van der Waals surface area contributed by atoms with Gasteiger partial charge in [-0.15, -0.1) is 47.0 Å². The minimum Gasteiger partial charge on any atom is -0.357 e. The number of aromatic nitrogens is 8. The van der Waals surface area contributed by atoms with Crippen LogP contribution in [0.3, 0.4) is 0 Å². The SMILES string of the molecule is CCCCN(CCCC)CCSc1ccc2c(c1)-c1nc-2nc2[n-]c(nc3nc(nc4[n-]c(n1)c1ccc(SCCN(CCCC)CCCC)cc41)-c1ccc(SCCN(CCCC)CCCC)cc1-3)c1ccc(SCCN(CCCC)CCCC)cc21.[Zn+2]. The van der Waals surface area contributed by atoms with E-state index in [4.69, 9.17) is 39.9 Å². The number of nitrogens with zero attached hydrogens (tertiary/aromatic N) is 12. The van der Waals surface area contributed by atoms with E-state index in [0.717, 1.165) is 145 Å². The molecule has 12 nitrogen and oxygen atoms in total. The van der Waals surface area contributed by atoms with Crippen LogP contribution in [0.1, 0.15) is 158 Å². The van der Waals surface area contributed by atoms with Crippen LogP contribution in [0.2, 0.25) is 0 Å². The number of rotatable bonds is 40. The zero-order valence-electron chi connectivity index (χ0n) is 55.3. The molecule has 17 heteroatoms. The fourth-order valence-electron chi connectivity index (χ4n) is 11.5. The van der Waals surface area contributed by atoms with Gasteiger partial charge in [-0.25, -0.2) is 9.97 Å². The van der Waals surface area contributed by atoms with Crippen molar-refractivity contribution < 1.29 is 19.5 Å². The Labute approximate surface area is 563 Å². The molecule has 0 spiro atoms. The van der Waals surface area contributed by atoms with Crippen molar-refractivity contribution in [2.45, 2.75) is 178 Å². The first-order chi connectivity index (χ1) is 43.3. The summed E-state index contributed by atoms with van der Waals surface area (Å²) in [6.07, 6.45) is 19.5. The number of hydrogen-bond acceptors (Lipinski definition) is 14. The number of benzene rings is 4. The van der Waals surface area contributed by atoms with Crippen LogP contribution in [0, 0.1) is 0 Å². The molecule has 89 heavy (non-hydrogen) atoms. The van der Waals surface area contributed by atoms with Gasteiger partial charge in [0, 0.05) is 114 Å². The molecule has 2 aliphatic rings. The Morgan fingerprint density at radius 2 is 0.528 bits per heavy atom. The quantitative estimate of drug-likeness (QED) is 0.0267. The number of fused-ring (bicyclic) bond motifs is 20. The Morgan fingerprint density at radius 3 is 0.809 bits per heavy atom. The maximum atomic E-state index is 5.48. The molecule has 0 saturated heterocycles. The molecule has 0 saturated carbocycles. The summed E-state index contributed by atoms with van der Waals surface area (Å²) in [6.45, 7) is 31.7. The maximum Gasteiger partial charge on any atom is 2.00 e. The molecule has 8 bridgehead atoms. The second kappa shape index (κ2) is 37.7. The van der Waals surface area contributed by atoms with Crippen molar-refractivity contribution in [1.82, 2.24) is 59.5 Å². The van der Waals surface area contributed by atoms with E-state index in [1.54, 1.807) is 0 Å². The summed E-state index contributed by atoms with van der Waals surface area (Å²) in [5.74, 6) is 6.37. The molecule has 9 rings (SSSR count). The van der Waals surface area contributed by atoms with Crippen molar-refractivity contribution in [3.05, 3.63) is 72.8 Å². The van der Waals surface area contributed by atoms with Gasteiger partial charge in [0.2, 0.25) is 0 Å². The summed E-state index contributed by atoms with van der Waals surface area (Å²) in [5.41, 5.74) is 6.12. The van der Waals surface area contributed by atoms with E-state index >= 15 is 0 Å². The third-order valence-corrected chi connectivity index (χ3v) is 20.8. The molecule has 7 aromatic rings. The van der Waals surface area contributed by atoms with Crippen LogP contribution in [0.4, 0.5) is 0 Å². The first-order valence-electron chi connectivity index (χ1n) is 34.0. The normalized spacial score (nSPS) is 12.2. The molecular weight excluding hydrogens is 1230 g/mol. The monoisotopic (exact) mass is 1320 g/mol. The van der Waals surface area contributed by atoms with E-state index in [-0.39, 0.29) is 19.5 Å². The van der Waals surface area contributed by atoms with Gasteiger partial charge in [-0.2, -0.15) is 0 Å². The largest absolute Gasteiger partial charge is 2.00 e. The fourth-order valence-corrected chi connectivity index (χ4v) is 15.3. The van der Waals surface area contributed by atoms with Crippen molar-refractivity contribution in [1.29, 1.82) is 0 Å². The van der Waals surface area contributed by atoms with Gasteiger partial charge in [-0.3, -0.25) is 0 Å². The summed E-state index contributed by atoms with van der Waals surface area (Å²) in [4.78, 5) is 58.8. The van der Waals surface area contributed by atoms with E-state index in [2.05, 4.69) is 148 Å². The Hall–Kier alpha value is -3.90. The van der Waals surface area contributed by atoms with Gasteiger partial charge in [-0.05, 0) is 174 Å². The standard InChI is InChI=1S/C72H100N12S4.Zn/c1-9-17-33-81(34-18-10-2)41-45-85-53-25-29-57-61(49-53)69-73-65(57)78-70-63-51-55(87-47-43-83(37-21-13-5)38-22-14-6)27-31-59(63)67(75-70)80-72-64-52-56(88-48-44-84(39-23-15-7)40-24-16-8)28-32-60(64)68(76-72)79-71-62-50-54(26-30-58(62)66(74-71)77-69)86-46-42-82(35-19-11-3)36-20-12-4;/h25-32,49-52H,9-24,33-48H2,1-8H3;/q-2;+2. The first-order valence-corrected chi connectivity index (χ1v) is 37.9. The summed E-state index contributed by atoms with van der Waals surface area (Å²) < 4.78 is 0. The average molecular weight is 1330 g/mol. The molecule has 4 aromatic carbocycles. The minimum absolute atomic E-state index is 0. The molecular formula is C72H100N12S4Zn. The van der Waals surface area contributed by atoms with Crippen LogP contribution in [0.5, 0.6) is 0 Å². The van der Waals surface area contributed by atoms with E-state index in [0.29, 0.717) is 45.9 Å². The van der Waals surface area contributed by atoms with Crippen molar-refractivity contribution in [3.8, 4) is 45.6 Å². The molecule has 5 heterocycles. The smallest absolute Gasteiger partial charge is 0.357 e. The van der Waals surface area contributed by atoms with Crippen LogP contribution >= 0.6 is 47.0 Å². The molecule has 0 atom stereocenters. The van der Waals surface area contributed by atoms with Crippen molar-refractivity contribution in [2.75, 3.05) is 102 Å². The first kappa shape index (κ1) is 71.0. The van der Waals surface area contributed by atoms with Crippen LogP contribution in [-0.2, 0) is 19.5 Å². The Balaban J connectivity index is 0.0000102. The summed E-state index contributed by atoms with van der Waals surface area (Å²) in [6, 6.07) is 26.8. The molecule has 2 aliphatic heterocycles. The van der Waals surface area contributed by atoms with Crippen LogP contribution in [0.25, 0.3) is 89.7 Å². The van der Waals surface area contributed by atoms with Crippen molar-refractivity contribution >= 4 is 91.2 Å². The fraction of sp³-hybridized carbons (Fsp3) is 0.556. The summed E-state index contributed by atoms with van der Waals surface area (Å²) in [5, 5.41) is 3.76. The molecule has 0 unspecified atom stereocenters. The second-order valence-electron chi connectivity index (χ2n) is 23.9. The van der Waals surface area contributed by atoms with Crippen LogP contribution < -0.4 is 9.97 Å². The molecule has 3 aromatic heterocycles. The van der Waals surface area contributed by atoms with Crippen LogP contribution in [-0.4, -0.2) is 151 Å². The maximum absolute atomic E-state index is 5.48. The minimum atomic E-state index is 0. The zero-order valence-corrected chi connectivity index (χ0v) is 61.5. The van der Waals surface area contributed by atoms with Gasteiger partial charge in [0.25, 0.3) is 0 Å². The van der Waals surface area contributed by atoms with E-state index in [9.17, 15) is 0 Å². The van der Waals surface area contributed by atoms with Crippen molar-refractivity contribution in [3.63, 3.8) is 0 Å². The van der Waals surface area contributed by atoms with E-state index in [1.807, 2.05) is 47.0 Å². The van der Waals surface area contributed by atoms with E-state index < -0.39 is 0 Å². The number of unbranched alkanes of at least 4 members (excludes halogenated alkanes) is 8. The molecule has 0 N–H and O–H groups in total. The summed E-state index contributed by atoms with van der Waals surface area (Å²) in [7, 11) is 0. The van der Waals surface area contributed by atoms with Gasteiger partial charge in [0.05, 0.1) is 23.3 Å². The average Bonchev–Trinajstić information content (AvgIpc) is 1.70. The van der Waals surface area contributed by atoms with Gasteiger partial charge in [0.1, 0.15) is 0 Å². The molecule has 0 aliphatic carbocycles. The van der Waals surface area contributed by atoms with Gasteiger partial charge in [0.15, 0.2) is 0 Å². The Morgan fingerprint density at radius 1 is 0.281 bits per heavy atom. The molecule has 0 fully saturated rings. The van der Waals surface area contributed by atoms with E-state index in [1.165, 1.54) is 122 Å². The predicted octanol–water partition coefficient (Wildman–Crippen LogP) is 18.1. The molecule has 0 radical (unpaired) electrons. The topological polar surface area (TPSA) is 118 Å². The Bertz CT molecular complexity index is 3220. The van der Waals surface area contributed by atoms with Gasteiger partial charge >= 0.3 is 19.5 Å². The van der Waals surface area contributed by atoms with Gasteiger partial charge < -0.3 is 49.5 Å². The second-order valence-corrected chi connectivity index (χ2v) is 28.6. The third-order valence-electron chi connectivity index (χ3n) is 16.9. The summed E-state index contributed by atoms with van der Waals surface area (Å²) >= 11 is 7.63. The number of thioether (sulfide) groups is 4. The van der Waals surface area contributed by atoms with Crippen LogP contribution in [0.15, 0.2) is 92.4 Å². The predicted molar refractivity (Wildman–Crippen MR) is 382 cm³/mol. The Kier molecular flexibility index (Phi) is 30.1. The zero-order chi connectivity index (χ0) is 61.5. The molecule has 474 valence electrons. The van der Waals surface area contributed by atoms with Crippen molar-refractivity contribution in [2.24, 2.45) is 0 Å².